The van der Waals surface area contributed by atoms with Crippen molar-refractivity contribution in [3.8, 4) is 0 Å². The normalized spacial score (nSPS) is 23.2. The number of hydrogen-bond acceptors (Lipinski definition) is 5. The highest BCUT2D eigenvalue weighted by Gasteiger charge is 2.31. The average Bonchev–Trinajstić information content (AvgIpc) is 2.79. The quantitative estimate of drug-likeness (QED) is 0.813. The van der Waals surface area contributed by atoms with Gasteiger partial charge >= 0.3 is 5.97 Å². The standard InChI is InChI=1S/C13H18N2O3/c1-9-4-6-15(11(9)8-16)12-7-10(3-5-14-12)13(17)18-2/h3,5,7,9,11,16H,4,6,8H2,1-2H3. The van der Waals surface area contributed by atoms with E-state index in [9.17, 15) is 9.90 Å². The predicted molar refractivity (Wildman–Crippen MR) is 67.6 cm³/mol. The summed E-state index contributed by atoms with van der Waals surface area (Å²) in [5, 5.41) is 9.43. The lowest BCUT2D eigenvalue weighted by Crippen LogP contribution is -2.35. The van der Waals surface area contributed by atoms with Gasteiger partial charge in [0.15, 0.2) is 0 Å². The van der Waals surface area contributed by atoms with Gasteiger partial charge in [0, 0.05) is 12.7 Å². The largest absolute Gasteiger partial charge is 0.465 e. The molecule has 0 saturated carbocycles. The third-order valence-electron chi connectivity index (χ3n) is 3.53. The molecule has 1 aliphatic heterocycles. The summed E-state index contributed by atoms with van der Waals surface area (Å²) in [5.74, 6) is 0.784. The van der Waals surface area contributed by atoms with Crippen LogP contribution in [0.3, 0.4) is 0 Å². The molecule has 1 N–H and O–H groups in total. The van der Waals surface area contributed by atoms with Crippen molar-refractivity contribution in [3.05, 3.63) is 23.9 Å². The van der Waals surface area contributed by atoms with E-state index in [1.807, 2.05) is 0 Å². The predicted octanol–water partition coefficient (Wildman–Crippen LogP) is 1.08. The van der Waals surface area contributed by atoms with Crippen LogP contribution in [0.2, 0.25) is 0 Å². The molecule has 1 aromatic heterocycles. The van der Waals surface area contributed by atoms with Crippen LogP contribution in [-0.4, -0.2) is 42.4 Å². The molecule has 0 aliphatic carbocycles. The molecule has 98 valence electrons. The first-order chi connectivity index (χ1) is 8.67. The summed E-state index contributed by atoms with van der Waals surface area (Å²) < 4.78 is 4.69. The minimum atomic E-state index is -0.369. The second-order valence-electron chi connectivity index (χ2n) is 4.60. The molecular formula is C13H18N2O3. The summed E-state index contributed by atoms with van der Waals surface area (Å²) in [6.45, 7) is 3.07. The molecule has 2 unspecified atom stereocenters. The Morgan fingerprint density at radius 1 is 1.67 bits per heavy atom. The Balaban J connectivity index is 2.26. The fourth-order valence-electron chi connectivity index (χ4n) is 2.39. The molecule has 18 heavy (non-hydrogen) atoms. The topological polar surface area (TPSA) is 62.7 Å². The number of carbonyl (C=O) groups excluding carboxylic acids is 1. The van der Waals surface area contributed by atoms with Gasteiger partial charge in [0.25, 0.3) is 0 Å². The van der Waals surface area contributed by atoms with Gasteiger partial charge in [-0.1, -0.05) is 6.92 Å². The molecule has 1 aromatic rings. The zero-order chi connectivity index (χ0) is 13.1. The van der Waals surface area contributed by atoms with Crippen LogP contribution in [0.1, 0.15) is 23.7 Å². The number of pyridine rings is 1. The lowest BCUT2D eigenvalue weighted by atomic mass is 10.0. The van der Waals surface area contributed by atoms with E-state index in [0.29, 0.717) is 11.5 Å². The first-order valence-corrected chi connectivity index (χ1v) is 6.09. The number of aliphatic hydroxyl groups excluding tert-OH is 1. The minimum absolute atomic E-state index is 0.0744. The van der Waals surface area contributed by atoms with Crippen LogP contribution >= 0.6 is 0 Å². The molecule has 0 radical (unpaired) electrons. The molecule has 2 rings (SSSR count). The van der Waals surface area contributed by atoms with Crippen molar-refractivity contribution < 1.29 is 14.6 Å². The van der Waals surface area contributed by atoms with Gasteiger partial charge in [-0.15, -0.1) is 0 Å². The molecule has 2 atom stereocenters. The molecule has 0 spiro atoms. The Morgan fingerprint density at radius 2 is 2.44 bits per heavy atom. The van der Waals surface area contributed by atoms with Crippen LogP contribution in [0.15, 0.2) is 18.3 Å². The van der Waals surface area contributed by atoms with Gasteiger partial charge in [-0.3, -0.25) is 0 Å². The maximum Gasteiger partial charge on any atom is 0.338 e. The first-order valence-electron chi connectivity index (χ1n) is 6.09. The zero-order valence-electron chi connectivity index (χ0n) is 10.7. The van der Waals surface area contributed by atoms with Crippen molar-refractivity contribution in [1.29, 1.82) is 0 Å². The second-order valence-corrected chi connectivity index (χ2v) is 4.60. The third-order valence-corrected chi connectivity index (χ3v) is 3.53. The van der Waals surface area contributed by atoms with E-state index < -0.39 is 0 Å². The van der Waals surface area contributed by atoms with Gasteiger partial charge in [0.2, 0.25) is 0 Å². The highest BCUT2D eigenvalue weighted by molar-refractivity contribution is 5.90. The van der Waals surface area contributed by atoms with E-state index >= 15 is 0 Å². The van der Waals surface area contributed by atoms with Crippen LogP contribution in [0, 0.1) is 5.92 Å². The molecule has 5 heteroatoms. The summed E-state index contributed by atoms with van der Waals surface area (Å²) in [6, 6.07) is 3.42. The van der Waals surface area contributed by atoms with Gasteiger partial charge in [-0.2, -0.15) is 0 Å². The fraction of sp³-hybridized carbons (Fsp3) is 0.538. The lowest BCUT2D eigenvalue weighted by molar-refractivity contribution is 0.0600. The summed E-state index contributed by atoms with van der Waals surface area (Å²) >= 11 is 0. The summed E-state index contributed by atoms with van der Waals surface area (Å²) in [6.07, 6.45) is 2.62. The van der Waals surface area contributed by atoms with E-state index in [1.165, 1.54) is 7.11 Å². The number of anilines is 1. The molecule has 1 fully saturated rings. The third kappa shape index (κ3) is 2.31. The molecule has 1 saturated heterocycles. The maximum absolute atomic E-state index is 11.5. The Morgan fingerprint density at radius 3 is 3.11 bits per heavy atom. The fourth-order valence-corrected chi connectivity index (χ4v) is 2.39. The SMILES string of the molecule is COC(=O)c1ccnc(N2CCC(C)C2CO)c1. The van der Waals surface area contributed by atoms with Crippen LogP contribution in [0.25, 0.3) is 0 Å². The maximum atomic E-state index is 11.5. The van der Waals surface area contributed by atoms with Crippen molar-refractivity contribution >= 4 is 11.8 Å². The molecule has 2 heterocycles. The molecule has 1 aliphatic rings. The Labute approximate surface area is 106 Å². The van der Waals surface area contributed by atoms with E-state index in [0.717, 1.165) is 18.8 Å². The van der Waals surface area contributed by atoms with Crippen LogP contribution in [-0.2, 0) is 4.74 Å². The van der Waals surface area contributed by atoms with Crippen molar-refractivity contribution in [1.82, 2.24) is 4.98 Å². The van der Waals surface area contributed by atoms with E-state index in [4.69, 9.17) is 4.74 Å². The summed E-state index contributed by atoms with van der Waals surface area (Å²) in [7, 11) is 1.36. The molecule has 0 aromatic carbocycles. The van der Waals surface area contributed by atoms with Crippen molar-refractivity contribution in [2.75, 3.05) is 25.2 Å². The monoisotopic (exact) mass is 250 g/mol. The van der Waals surface area contributed by atoms with Gasteiger partial charge < -0.3 is 14.7 Å². The van der Waals surface area contributed by atoms with E-state index in [-0.39, 0.29) is 18.6 Å². The molecule has 0 bridgehead atoms. The van der Waals surface area contributed by atoms with Gasteiger partial charge in [-0.05, 0) is 24.5 Å². The Kier molecular flexibility index (Phi) is 3.81. The number of aliphatic hydroxyl groups is 1. The molecular weight excluding hydrogens is 232 g/mol. The van der Waals surface area contributed by atoms with Crippen LogP contribution in [0.5, 0.6) is 0 Å². The number of hydrogen-bond donors (Lipinski definition) is 1. The second kappa shape index (κ2) is 5.35. The van der Waals surface area contributed by atoms with Gasteiger partial charge in [0.1, 0.15) is 5.82 Å². The van der Waals surface area contributed by atoms with Crippen molar-refractivity contribution in [3.63, 3.8) is 0 Å². The highest BCUT2D eigenvalue weighted by atomic mass is 16.5. The molecule has 5 nitrogen and oxygen atoms in total. The van der Waals surface area contributed by atoms with E-state index in [1.54, 1.807) is 18.3 Å². The van der Waals surface area contributed by atoms with E-state index in [2.05, 4.69) is 16.8 Å². The first kappa shape index (κ1) is 12.8. The number of carbonyl (C=O) groups is 1. The van der Waals surface area contributed by atoms with Crippen molar-refractivity contribution in [2.45, 2.75) is 19.4 Å². The number of esters is 1. The number of nitrogens with zero attached hydrogens (tertiary/aromatic N) is 2. The van der Waals surface area contributed by atoms with Gasteiger partial charge in [0.05, 0.1) is 25.3 Å². The van der Waals surface area contributed by atoms with Crippen LogP contribution < -0.4 is 4.90 Å². The molecule has 0 amide bonds. The number of aromatic nitrogens is 1. The zero-order valence-corrected chi connectivity index (χ0v) is 10.7. The van der Waals surface area contributed by atoms with Crippen LogP contribution in [0.4, 0.5) is 5.82 Å². The summed E-state index contributed by atoms with van der Waals surface area (Å²) in [5.41, 5.74) is 0.485. The lowest BCUT2D eigenvalue weighted by Gasteiger charge is -2.26. The number of ether oxygens (including phenoxy) is 1. The Hall–Kier alpha value is -1.62. The Bertz CT molecular complexity index is 436. The average molecular weight is 250 g/mol. The number of rotatable bonds is 3. The summed E-state index contributed by atoms with van der Waals surface area (Å²) in [4.78, 5) is 17.8. The highest BCUT2D eigenvalue weighted by Crippen LogP contribution is 2.28. The van der Waals surface area contributed by atoms with Gasteiger partial charge in [-0.25, -0.2) is 9.78 Å². The smallest absolute Gasteiger partial charge is 0.338 e. The number of methoxy groups -OCH3 is 1. The van der Waals surface area contributed by atoms with Crippen molar-refractivity contribution in [2.24, 2.45) is 5.92 Å². The minimum Gasteiger partial charge on any atom is -0.465 e.